The van der Waals surface area contributed by atoms with Crippen LogP contribution in [0.25, 0.3) is 6.08 Å². The second-order valence-corrected chi connectivity index (χ2v) is 5.82. The minimum atomic E-state index is -1.44. The van der Waals surface area contributed by atoms with Crippen LogP contribution in [0.2, 0.25) is 0 Å². The van der Waals surface area contributed by atoms with Crippen LogP contribution in [0.15, 0.2) is 57.2 Å². The number of carbonyl (C=O) groups is 3. The first-order valence-electron chi connectivity index (χ1n) is 7.22. The lowest BCUT2D eigenvalue weighted by Gasteiger charge is -2.16. The molecule has 25 heavy (non-hydrogen) atoms. The number of nitrogens with one attached hydrogen (secondary N) is 2. The van der Waals surface area contributed by atoms with Crippen molar-refractivity contribution in [1.29, 1.82) is 0 Å². The Balaban J connectivity index is 2.25. The molecule has 7 nitrogen and oxygen atoms in total. The number of rotatable bonds is 6. The lowest BCUT2D eigenvalue weighted by Crippen LogP contribution is -2.48. The molecule has 130 valence electrons. The van der Waals surface area contributed by atoms with E-state index in [0.29, 0.717) is 10.2 Å². The molecule has 1 aromatic heterocycles. The fourth-order valence-electron chi connectivity index (χ4n) is 1.83. The van der Waals surface area contributed by atoms with Gasteiger partial charge in [-0.25, -0.2) is 0 Å². The predicted molar refractivity (Wildman–Crippen MR) is 90.9 cm³/mol. The molecular formula is C17H14BrN2O5-. The molecule has 2 aromatic rings. The Labute approximate surface area is 151 Å². The zero-order valence-corrected chi connectivity index (χ0v) is 14.7. The molecule has 1 atom stereocenters. The molecule has 1 aromatic carbocycles. The van der Waals surface area contributed by atoms with Crippen LogP contribution in [0.4, 0.5) is 0 Å². The normalized spacial score (nSPS) is 12.3. The van der Waals surface area contributed by atoms with Crippen molar-refractivity contribution < 1.29 is 23.9 Å². The molecule has 2 rings (SSSR count). The minimum absolute atomic E-state index is 0.00779. The van der Waals surface area contributed by atoms with Gasteiger partial charge in [-0.2, -0.15) is 0 Å². The first-order chi connectivity index (χ1) is 11.9. The highest BCUT2D eigenvalue weighted by atomic mass is 79.9. The summed E-state index contributed by atoms with van der Waals surface area (Å²) in [6, 6.07) is 10.5. The van der Waals surface area contributed by atoms with E-state index in [0.717, 1.165) is 0 Å². The van der Waals surface area contributed by atoms with Gasteiger partial charge in [-0.3, -0.25) is 9.59 Å². The minimum Gasteiger partial charge on any atom is -0.548 e. The van der Waals surface area contributed by atoms with Gasteiger partial charge in [0.1, 0.15) is 5.70 Å². The molecule has 1 heterocycles. The van der Waals surface area contributed by atoms with Crippen molar-refractivity contribution in [3.8, 4) is 0 Å². The number of aliphatic carboxylic acids is 1. The van der Waals surface area contributed by atoms with Crippen LogP contribution in [-0.4, -0.2) is 23.8 Å². The molecule has 0 saturated carbocycles. The first kappa shape index (κ1) is 18.5. The summed E-state index contributed by atoms with van der Waals surface area (Å²) in [5.41, 5.74) is 0.520. The predicted octanol–water partition coefficient (Wildman–Crippen LogP) is 1.07. The third-order valence-electron chi connectivity index (χ3n) is 3.10. The quantitative estimate of drug-likeness (QED) is 0.698. The summed E-state index contributed by atoms with van der Waals surface area (Å²) in [6.07, 6.45) is 1.42. The average Bonchev–Trinajstić information content (AvgIpc) is 3.01. The van der Waals surface area contributed by atoms with Gasteiger partial charge in [0.15, 0.2) is 10.4 Å². The van der Waals surface area contributed by atoms with Gasteiger partial charge in [0.2, 0.25) is 0 Å². The lowest BCUT2D eigenvalue weighted by atomic mass is 10.2. The molecule has 0 bridgehead atoms. The standard InChI is InChI=1S/C17H15BrN2O5/c1-10(17(23)24)19-15(21)12(9-11-5-3-2-4-6-11)20-16(22)13-7-8-14(18)25-13/h2-10H,1H3,(H,19,21)(H,20,22)(H,23,24)/p-1/b12-9+/t10-/m1/s1. The SMILES string of the molecule is C[C@@H](NC(=O)/C(=C\c1ccccc1)NC(=O)c1ccc(Br)o1)C(=O)[O-]. The Morgan fingerprint density at radius 3 is 2.40 bits per heavy atom. The molecule has 2 N–H and O–H groups in total. The van der Waals surface area contributed by atoms with Crippen LogP contribution in [-0.2, 0) is 9.59 Å². The van der Waals surface area contributed by atoms with Crippen molar-refractivity contribution in [3.05, 3.63) is 64.2 Å². The van der Waals surface area contributed by atoms with E-state index >= 15 is 0 Å². The number of carboxylic acids is 1. The average molecular weight is 406 g/mol. The van der Waals surface area contributed by atoms with Crippen LogP contribution < -0.4 is 15.7 Å². The molecule has 8 heteroatoms. The first-order valence-corrected chi connectivity index (χ1v) is 8.01. The second kappa shape index (κ2) is 8.29. The van der Waals surface area contributed by atoms with Gasteiger partial charge in [-0.05, 0) is 46.6 Å². The molecular weight excluding hydrogens is 392 g/mol. The van der Waals surface area contributed by atoms with E-state index in [1.165, 1.54) is 25.1 Å². The number of hydrogen-bond donors (Lipinski definition) is 2. The number of carbonyl (C=O) groups excluding carboxylic acids is 3. The molecule has 0 fully saturated rings. The molecule has 0 radical (unpaired) electrons. The van der Waals surface area contributed by atoms with Gasteiger partial charge < -0.3 is 25.0 Å². The van der Waals surface area contributed by atoms with Crippen molar-refractivity contribution in [1.82, 2.24) is 10.6 Å². The lowest BCUT2D eigenvalue weighted by molar-refractivity contribution is -0.307. The van der Waals surface area contributed by atoms with E-state index in [1.54, 1.807) is 30.3 Å². The second-order valence-electron chi connectivity index (χ2n) is 5.04. The number of furan rings is 1. The van der Waals surface area contributed by atoms with Crippen LogP contribution in [0.1, 0.15) is 23.0 Å². The fraction of sp³-hybridized carbons (Fsp3) is 0.118. The van der Waals surface area contributed by atoms with Gasteiger partial charge in [0.25, 0.3) is 11.8 Å². The molecule has 0 aliphatic carbocycles. The zero-order chi connectivity index (χ0) is 18.4. The monoisotopic (exact) mass is 405 g/mol. The number of carboxylic acid groups (broad SMARTS) is 1. The maximum atomic E-state index is 12.3. The van der Waals surface area contributed by atoms with Gasteiger partial charge in [-0.15, -0.1) is 0 Å². The summed E-state index contributed by atoms with van der Waals surface area (Å²) < 4.78 is 5.50. The third kappa shape index (κ3) is 5.32. The van der Waals surface area contributed by atoms with Gasteiger partial charge in [0.05, 0.1) is 12.0 Å². The van der Waals surface area contributed by atoms with E-state index in [2.05, 4.69) is 26.6 Å². The highest BCUT2D eigenvalue weighted by Crippen LogP contribution is 2.14. The van der Waals surface area contributed by atoms with Crippen LogP contribution in [0, 0.1) is 0 Å². The van der Waals surface area contributed by atoms with E-state index in [4.69, 9.17) is 4.42 Å². The Kier molecular flexibility index (Phi) is 6.13. The summed E-state index contributed by atoms with van der Waals surface area (Å²) in [5, 5.41) is 15.5. The summed E-state index contributed by atoms with van der Waals surface area (Å²) in [4.78, 5) is 35.3. The topological polar surface area (TPSA) is 111 Å². The number of benzene rings is 1. The van der Waals surface area contributed by atoms with Gasteiger partial charge >= 0.3 is 0 Å². The Bertz CT molecular complexity index is 813. The zero-order valence-electron chi connectivity index (χ0n) is 13.1. The summed E-state index contributed by atoms with van der Waals surface area (Å²) >= 11 is 3.09. The highest BCUT2D eigenvalue weighted by Gasteiger charge is 2.18. The summed E-state index contributed by atoms with van der Waals surface area (Å²) in [6.45, 7) is 1.26. The molecule has 0 saturated heterocycles. The number of hydrogen-bond acceptors (Lipinski definition) is 5. The summed E-state index contributed by atoms with van der Waals surface area (Å²) in [7, 11) is 0. The third-order valence-corrected chi connectivity index (χ3v) is 3.53. The Hall–Kier alpha value is -2.87. The van der Waals surface area contributed by atoms with Gasteiger partial charge in [0, 0.05) is 0 Å². The van der Waals surface area contributed by atoms with E-state index < -0.39 is 23.8 Å². The molecule has 0 aliphatic rings. The van der Waals surface area contributed by atoms with E-state index in [9.17, 15) is 19.5 Å². The maximum Gasteiger partial charge on any atom is 0.291 e. The largest absolute Gasteiger partial charge is 0.548 e. The molecule has 0 spiro atoms. The molecule has 0 unspecified atom stereocenters. The number of halogens is 1. The van der Waals surface area contributed by atoms with E-state index in [-0.39, 0.29) is 11.5 Å². The van der Waals surface area contributed by atoms with Crippen LogP contribution in [0.5, 0.6) is 0 Å². The Morgan fingerprint density at radius 2 is 1.84 bits per heavy atom. The Morgan fingerprint density at radius 1 is 1.16 bits per heavy atom. The van der Waals surface area contributed by atoms with Crippen molar-refractivity contribution in [2.24, 2.45) is 0 Å². The summed E-state index contributed by atoms with van der Waals surface area (Å²) in [5.74, 6) is -2.86. The smallest absolute Gasteiger partial charge is 0.291 e. The van der Waals surface area contributed by atoms with Crippen LogP contribution >= 0.6 is 15.9 Å². The van der Waals surface area contributed by atoms with Crippen molar-refractivity contribution in [3.63, 3.8) is 0 Å². The molecule has 0 aliphatic heterocycles. The van der Waals surface area contributed by atoms with Crippen molar-refractivity contribution in [2.75, 3.05) is 0 Å². The number of amides is 2. The van der Waals surface area contributed by atoms with Crippen molar-refractivity contribution in [2.45, 2.75) is 13.0 Å². The molecule has 2 amide bonds. The highest BCUT2D eigenvalue weighted by molar-refractivity contribution is 9.10. The van der Waals surface area contributed by atoms with Crippen LogP contribution in [0.3, 0.4) is 0 Å². The maximum absolute atomic E-state index is 12.3. The fourth-order valence-corrected chi connectivity index (χ4v) is 2.13. The van der Waals surface area contributed by atoms with E-state index in [1.807, 2.05) is 0 Å². The van der Waals surface area contributed by atoms with Crippen molar-refractivity contribution >= 4 is 39.8 Å². The van der Waals surface area contributed by atoms with Gasteiger partial charge in [-0.1, -0.05) is 30.3 Å².